The molecule has 0 aliphatic heterocycles. The molecule has 0 bridgehead atoms. The minimum Gasteiger partial charge on any atom is -0.368 e. The fourth-order valence-electron chi connectivity index (χ4n) is 1.15. The quantitative estimate of drug-likeness (QED) is 0.451. The molecule has 0 spiro atoms. The average Bonchev–Trinajstić information content (AvgIpc) is 2.26. The van der Waals surface area contributed by atoms with Crippen molar-refractivity contribution >= 4 is 11.6 Å². The van der Waals surface area contributed by atoms with Gasteiger partial charge >= 0.3 is 0 Å². The lowest BCUT2D eigenvalue weighted by molar-refractivity contribution is -0.403. The first kappa shape index (κ1) is 12.4. The van der Waals surface area contributed by atoms with Gasteiger partial charge in [-0.05, 0) is 18.6 Å². The van der Waals surface area contributed by atoms with Crippen molar-refractivity contribution in [3.05, 3.63) is 51.6 Å². The van der Waals surface area contributed by atoms with E-state index in [1.54, 1.807) is 12.3 Å². The summed E-state index contributed by atoms with van der Waals surface area (Å²) in [5.74, 6) is 0. The van der Waals surface area contributed by atoms with Crippen molar-refractivity contribution in [1.82, 2.24) is 9.88 Å². The topological polar surface area (TPSA) is 59.3 Å². The molecule has 1 aromatic heterocycles. The van der Waals surface area contributed by atoms with Crippen LogP contribution in [0.1, 0.15) is 12.5 Å². The maximum Gasteiger partial charge on any atom is 0.250 e. The van der Waals surface area contributed by atoms with Gasteiger partial charge < -0.3 is 4.90 Å². The van der Waals surface area contributed by atoms with Gasteiger partial charge in [0, 0.05) is 19.3 Å². The van der Waals surface area contributed by atoms with Crippen molar-refractivity contribution < 1.29 is 4.92 Å². The summed E-state index contributed by atoms with van der Waals surface area (Å²) in [5, 5.41) is 10.6. The molecule has 0 saturated carbocycles. The summed E-state index contributed by atoms with van der Waals surface area (Å²) in [6.45, 7) is 3.19. The van der Waals surface area contributed by atoms with Crippen LogP contribution in [0, 0.1) is 10.1 Å². The molecule has 0 saturated heterocycles. The predicted octanol–water partition coefficient (Wildman–Crippen LogP) is 2.30. The molecule has 0 fully saturated rings. The van der Waals surface area contributed by atoms with Crippen molar-refractivity contribution in [2.45, 2.75) is 13.5 Å². The standard InChI is InChI=1S/C10H12ClN3O2/c1-2-13(5-6-14(15)16)8-9-3-4-10(11)12-7-9/h3-7H,2,8H2,1H3. The molecule has 0 aromatic carbocycles. The Morgan fingerprint density at radius 3 is 2.88 bits per heavy atom. The van der Waals surface area contributed by atoms with Crippen LogP contribution < -0.4 is 0 Å². The first-order chi connectivity index (χ1) is 7.61. The number of halogens is 1. The third-order valence-corrected chi connectivity index (χ3v) is 2.20. The predicted molar refractivity (Wildman–Crippen MR) is 61.5 cm³/mol. The summed E-state index contributed by atoms with van der Waals surface area (Å²) in [6, 6.07) is 3.54. The summed E-state index contributed by atoms with van der Waals surface area (Å²) < 4.78 is 0. The van der Waals surface area contributed by atoms with Crippen molar-refractivity contribution in [2.24, 2.45) is 0 Å². The summed E-state index contributed by atoms with van der Waals surface area (Å²) in [5.41, 5.74) is 0.958. The fraction of sp³-hybridized carbons (Fsp3) is 0.300. The van der Waals surface area contributed by atoms with Gasteiger partial charge in [0.1, 0.15) is 5.15 Å². The first-order valence-electron chi connectivity index (χ1n) is 4.78. The summed E-state index contributed by atoms with van der Waals surface area (Å²) in [6.07, 6.45) is 4.03. The smallest absolute Gasteiger partial charge is 0.250 e. The van der Waals surface area contributed by atoms with E-state index < -0.39 is 4.92 Å². The van der Waals surface area contributed by atoms with Crippen LogP contribution in [0.3, 0.4) is 0 Å². The van der Waals surface area contributed by atoms with Crippen LogP contribution >= 0.6 is 11.6 Å². The zero-order valence-corrected chi connectivity index (χ0v) is 9.59. The second kappa shape index (κ2) is 6.07. The van der Waals surface area contributed by atoms with E-state index in [1.165, 1.54) is 6.20 Å². The minimum atomic E-state index is -0.483. The molecule has 6 heteroatoms. The second-order valence-electron chi connectivity index (χ2n) is 3.14. The third-order valence-electron chi connectivity index (χ3n) is 1.98. The van der Waals surface area contributed by atoms with Crippen LogP contribution in [-0.4, -0.2) is 21.4 Å². The van der Waals surface area contributed by atoms with Gasteiger partial charge in [0.05, 0.1) is 11.1 Å². The van der Waals surface area contributed by atoms with E-state index in [0.717, 1.165) is 11.8 Å². The highest BCUT2D eigenvalue weighted by atomic mass is 35.5. The Morgan fingerprint density at radius 2 is 2.38 bits per heavy atom. The molecule has 16 heavy (non-hydrogen) atoms. The van der Waals surface area contributed by atoms with Crippen LogP contribution in [0.4, 0.5) is 0 Å². The molecule has 0 aliphatic rings. The van der Waals surface area contributed by atoms with Gasteiger partial charge in [0.15, 0.2) is 0 Å². The molecule has 86 valence electrons. The minimum absolute atomic E-state index is 0.438. The highest BCUT2D eigenvalue weighted by Crippen LogP contribution is 2.08. The van der Waals surface area contributed by atoms with Crippen molar-refractivity contribution in [2.75, 3.05) is 6.54 Å². The maximum absolute atomic E-state index is 10.2. The SMILES string of the molecule is CCN(C=C[N+](=O)[O-])Cc1ccc(Cl)nc1. The molecule has 1 rings (SSSR count). The molecule has 0 atom stereocenters. The Hall–Kier alpha value is -1.62. The Balaban J connectivity index is 2.63. The highest BCUT2D eigenvalue weighted by Gasteiger charge is 2.00. The first-order valence-corrected chi connectivity index (χ1v) is 5.16. The number of pyridine rings is 1. The van der Waals surface area contributed by atoms with Gasteiger partial charge in [-0.1, -0.05) is 17.7 Å². The van der Waals surface area contributed by atoms with E-state index in [0.29, 0.717) is 18.2 Å². The Bertz CT molecular complexity index is 378. The van der Waals surface area contributed by atoms with Gasteiger partial charge in [-0.25, -0.2) is 4.98 Å². The molecule has 0 amide bonds. The molecular formula is C10H12ClN3O2. The van der Waals surface area contributed by atoms with E-state index in [9.17, 15) is 10.1 Å². The number of aromatic nitrogens is 1. The zero-order valence-electron chi connectivity index (χ0n) is 8.84. The molecule has 1 aromatic rings. The second-order valence-corrected chi connectivity index (χ2v) is 3.52. The Kier molecular flexibility index (Phi) is 4.72. The molecule has 0 N–H and O–H groups in total. The van der Waals surface area contributed by atoms with Crippen LogP contribution in [0.2, 0.25) is 5.15 Å². The lowest BCUT2D eigenvalue weighted by atomic mass is 10.3. The van der Waals surface area contributed by atoms with E-state index in [1.807, 2.05) is 17.9 Å². The Morgan fingerprint density at radius 1 is 1.62 bits per heavy atom. The van der Waals surface area contributed by atoms with E-state index in [2.05, 4.69) is 4.98 Å². The number of hydrogen-bond acceptors (Lipinski definition) is 4. The number of rotatable bonds is 5. The van der Waals surface area contributed by atoms with E-state index in [-0.39, 0.29) is 0 Å². The fourth-order valence-corrected chi connectivity index (χ4v) is 1.26. The Labute approximate surface area is 98.5 Å². The van der Waals surface area contributed by atoms with Crippen LogP contribution in [0.5, 0.6) is 0 Å². The molecule has 0 aliphatic carbocycles. The van der Waals surface area contributed by atoms with E-state index >= 15 is 0 Å². The average molecular weight is 242 g/mol. The zero-order chi connectivity index (χ0) is 12.0. The van der Waals surface area contributed by atoms with Crippen molar-refractivity contribution in [3.63, 3.8) is 0 Å². The van der Waals surface area contributed by atoms with Crippen LogP contribution in [0.25, 0.3) is 0 Å². The molecule has 1 heterocycles. The summed E-state index contributed by atoms with van der Waals surface area (Å²) in [7, 11) is 0. The normalized spacial score (nSPS) is 10.6. The largest absolute Gasteiger partial charge is 0.368 e. The number of nitrogens with zero attached hydrogens (tertiary/aromatic N) is 3. The van der Waals surface area contributed by atoms with Crippen molar-refractivity contribution in [1.29, 1.82) is 0 Å². The summed E-state index contributed by atoms with van der Waals surface area (Å²) in [4.78, 5) is 15.5. The van der Waals surface area contributed by atoms with Gasteiger partial charge in [-0.3, -0.25) is 10.1 Å². The van der Waals surface area contributed by atoms with Crippen LogP contribution in [0.15, 0.2) is 30.7 Å². The maximum atomic E-state index is 10.2. The lowest BCUT2D eigenvalue weighted by Crippen LogP contribution is -2.16. The van der Waals surface area contributed by atoms with Gasteiger partial charge in [-0.15, -0.1) is 0 Å². The monoisotopic (exact) mass is 241 g/mol. The molecule has 5 nitrogen and oxygen atoms in total. The molecule has 0 unspecified atom stereocenters. The number of nitro groups is 1. The summed E-state index contributed by atoms with van der Waals surface area (Å²) >= 11 is 5.66. The molecule has 0 radical (unpaired) electrons. The highest BCUT2D eigenvalue weighted by molar-refractivity contribution is 6.29. The van der Waals surface area contributed by atoms with E-state index in [4.69, 9.17) is 11.6 Å². The lowest BCUT2D eigenvalue weighted by Gasteiger charge is -2.16. The van der Waals surface area contributed by atoms with Crippen molar-refractivity contribution in [3.8, 4) is 0 Å². The van der Waals surface area contributed by atoms with Gasteiger partial charge in [0.2, 0.25) is 6.20 Å². The van der Waals surface area contributed by atoms with Gasteiger partial charge in [-0.2, -0.15) is 0 Å². The molecular weight excluding hydrogens is 230 g/mol. The third kappa shape index (κ3) is 4.27. The van der Waals surface area contributed by atoms with Gasteiger partial charge in [0.25, 0.3) is 0 Å². The van der Waals surface area contributed by atoms with Crippen LogP contribution in [-0.2, 0) is 6.54 Å². The number of hydrogen-bond donors (Lipinski definition) is 0.